The normalized spacial score (nSPS) is 32.3. The van der Waals surface area contributed by atoms with Crippen molar-refractivity contribution in [2.24, 2.45) is 23.7 Å². The zero-order chi connectivity index (χ0) is 14.8. The summed E-state index contributed by atoms with van der Waals surface area (Å²) in [6.07, 6.45) is 6.56. The van der Waals surface area contributed by atoms with Crippen LogP contribution in [0.3, 0.4) is 0 Å². The topological polar surface area (TPSA) is 92.1 Å². The van der Waals surface area contributed by atoms with Crippen molar-refractivity contribution in [3.63, 3.8) is 0 Å². The van der Waals surface area contributed by atoms with E-state index >= 15 is 0 Å². The molecule has 0 aromatic carbocycles. The van der Waals surface area contributed by atoms with Crippen molar-refractivity contribution in [2.45, 2.75) is 6.42 Å². The molecule has 1 aliphatic heterocycles. The Morgan fingerprint density at radius 1 is 1.18 bits per heavy atom. The molecule has 5 rings (SSSR count). The molecule has 1 N–H and O–H groups in total. The van der Waals surface area contributed by atoms with Crippen LogP contribution in [0.4, 0.5) is 5.95 Å². The van der Waals surface area contributed by atoms with Crippen LogP contribution in [-0.4, -0.2) is 27.0 Å². The van der Waals surface area contributed by atoms with E-state index in [1.54, 1.807) is 12.1 Å². The van der Waals surface area contributed by atoms with Gasteiger partial charge in [-0.3, -0.25) is 14.7 Å². The number of rotatable bonds is 2. The van der Waals surface area contributed by atoms with E-state index in [1.165, 1.54) is 6.26 Å². The van der Waals surface area contributed by atoms with Crippen molar-refractivity contribution < 1.29 is 14.0 Å². The summed E-state index contributed by atoms with van der Waals surface area (Å²) in [5, 5.41) is 6.73. The summed E-state index contributed by atoms with van der Waals surface area (Å²) in [5.74, 6) is 0.531. The Hall–Kier alpha value is -2.70. The number of nitrogens with zero attached hydrogens (tertiary/aromatic N) is 3. The molecule has 0 radical (unpaired) electrons. The molecule has 2 aliphatic carbocycles. The lowest BCUT2D eigenvalue weighted by atomic mass is 9.85. The van der Waals surface area contributed by atoms with E-state index in [2.05, 4.69) is 27.3 Å². The van der Waals surface area contributed by atoms with Crippen LogP contribution in [-0.2, 0) is 9.59 Å². The molecule has 2 aromatic rings. The Balaban J connectivity index is 1.52. The number of carbonyl (C=O) groups excluding carboxylic acids is 2. The van der Waals surface area contributed by atoms with E-state index in [0.29, 0.717) is 11.6 Å². The number of allylic oxidation sites excluding steroid dienone is 2. The standard InChI is InChI=1S/C15H12N4O3/c20-13-10-7-3-4-8(6-7)11(10)14(21)19(13)15-16-12(17-18-15)9-2-1-5-22-9/h1-5,7-8,10-11H,6H2,(H,16,17,18). The SMILES string of the molecule is O=C1C2C3C=CC(C3)C2C(=O)N1c1n[nH]c(-c2ccco2)n1. The van der Waals surface area contributed by atoms with Gasteiger partial charge in [0.2, 0.25) is 11.8 Å². The fourth-order valence-corrected chi connectivity index (χ4v) is 3.98. The van der Waals surface area contributed by atoms with Gasteiger partial charge in [0, 0.05) is 0 Å². The van der Waals surface area contributed by atoms with Crippen LogP contribution in [0.2, 0.25) is 0 Å². The van der Waals surface area contributed by atoms with Crippen molar-refractivity contribution in [3.05, 3.63) is 30.5 Å². The number of carbonyl (C=O) groups is 2. The molecule has 3 aliphatic rings. The van der Waals surface area contributed by atoms with Gasteiger partial charge in [0.05, 0.1) is 18.1 Å². The summed E-state index contributed by atoms with van der Waals surface area (Å²) < 4.78 is 5.24. The number of aromatic nitrogens is 3. The predicted octanol–water partition coefficient (Wildman–Crippen LogP) is 1.38. The van der Waals surface area contributed by atoms with Gasteiger partial charge in [-0.25, -0.2) is 4.90 Å². The van der Waals surface area contributed by atoms with Gasteiger partial charge < -0.3 is 4.42 Å². The third-order valence-electron chi connectivity index (χ3n) is 4.90. The van der Waals surface area contributed by atoms with Crippen molar-refractivity contribution >= 4 is 17.8 Å². The van der Waals surface area contributed by atoms with Gasteiger partial charge in [-0.15, -0.1) is 5.10 Å². The number of hydrogen-bond donors (Lipinski definition) is 1. The molecule has 110 valence electrons. The van der Waals surface area contributed by atoms with Crippen molar-refractivity contribution in [3.8, 4) is 11.6 Å². The van der Waals surface area contributed by atoms with E-state index in [1.807, 2.05) is 0 Å². The second-order valence-corrected chi connectivity index (χ2v) is 5.97. The number of imide groups is 1. The molecule has 2 aromatic heterocycles. The molecule has 4 atom stereocenters. The number of nitrogens with one attached hydrogen (secondary N) is 1. The number of hydrogen-bond acceptors (Lipinski definition) is 5. The highest BCUT2D eigenvalue weighted by Crippen LogP contribution is 2.52. The largest absolute Gasteiger partial charge is 0.461 e. The maximum absolute atomic E-state index is 12.6. The molecule has 2 fully saturated rings. The van der Waals surface area contributed by atoms with Gasteiger partial charge in [-0.1, -0.05) is 12.2 Å². The molecular weight excluding hydrogens is 284 g/mol. The van der Waals surface area contributed by atoms with E-state index in [0.717, 1.165) is 11.3 Å². The number of anilines is 1. The molecular formula is C15H12N4O3. The summed E-state index contributed by atoms with van der Waals surface area (Å²) in [5.41, 5.74) is 0. The average Bonchev–Trinajstić information content (AvgIpc) is 3.28. The van der Waals surface area contributed by atoms with Crippen LogP contribution < -0.4 is 4.90 Å². The fourth-order valence-electron chi connectivity index (χ4n) is 3.98. The Bertz CT molecular complexity index is 777. The maximum Gasteiger partial charge on any atom is 0.258 e. The second kappa shape index (κ2) is 3.94. The highest BCUT2D eigenvalue weighted by atomic mass is 16.3. The third kappa shape index (κ3) is 1.35. The van der Waals surface area contributed by atoms with Crippen LogP contribution in [0.15, 0.2) is 35.0 Å². The zero-order valence-electron chi connectivity index (χ0n) is 11.5. The van der Waals surface area contributed by atoms with Gasteiger partial charge in [0.1, 0.15) is 0 Å². The Labute approximate surface area is 125 Å². The Morgan fingerprint density at radius 2 is 1.91 bits per heavy atom. The molecule has 3 heterocycles. The molecule has 4 unspecified atom stereocenters. The number of fused-ring (bicyclic) bond motifs is 5. The summed E-state index contributed by atoms with van der Waals surface area (Å²) in [7, 11) is 0. The van der Waals surface area contributed by atoms with Crippen LogP contribution in [0.1, 0.15) is 6.42 Å². The minimum absolute atomic E-state index is 0.107. The maximum atomic E-state index is 12.6. The van der Waals surface area contributed by atoms with Gasteiger partial charge in [-0.05, 0) is 30.4 Å². The lowest BCUT2D eigenvalue weighted by Crippen LogP contribution is -2.33. The molecule has 7 nitrogen and oxygen atoms in total. The Kier molecular flexibility index (Phi) is 2.13. The third-order valence-corrected chi connectivity index (χ3v) is 4.90. The lowest BCUT2D eigenvalue weighted by Gasteiger charge is -2.14. The summed E-state index contributed by atoms with van der Waals surface area (Å²) in [4.78, 5) is 30.6. The second-order valence-electron chi connectivity index (χ2n) is 5.97. The van der Waals surface area contributed by atoms with Crippen molar-refractivity contribution in [1.29, 1.82) is 0 Å². The fraction of sp³-hybridized carbons (Fsp3) is 0.333. The van der Waals surface area contributed by atoms with Gasteiger partial charge in [0.25, 0.3) is 5.95 Å². The quantitative estimate of drug-likeness (QED) is 0.667. The minimum atomic E-state index is -0.243. The van der Waals surface area contributed by atoms with Crippen LogP contribution in [0.25, 0.3) is 11.6 Å². The molecule has 1 saturated carbocycles. The van der Waals surface area contributed by atoms with E-state index in [4.69, 9.17) is 4.42 Å². The first-order valence-corrected chi connectivity index (χ1v) is 7.26. The first-order valence-electron chi connectivity index (χ1n) is 7.26. The first kappa shape index (κ1) is 11.9. The zero-order valence-corrected chi connectivity index (χ0v) is 11.5. The summed E-state index contributed by atoms with van der Waals surface area (Å²) in [6.45, 7) is 0. The van der Waals surface area contributed by atoms with Crippen molar-refractivity contribution in [2.75, 3.05) is 4.90 Å². The molecule has 2 amide bonds. The van der Waals surface area contributed by atoms with Crippen molar-refractivity contribution in [1.82, 2.24) is 15.2 Å². The molecule has 0 spiro atoms. The van der Waals surface area contributed by atoms with Gasteiger partial charge in [0.15, 0.2) is 11.6 Å². The number of aromatic amines is 1. The van der Waals surface area contributed by atoms with Crippen LogP contribution in [0.5, 0.6) is 0 Å². The molecule has 22 heavy (non-hydrogen) atoms. The van der Waals surface area contributed by atoms with E-state index < -0.39 is 0 Å². The molecule has 1 saturated heterocycles. The van der Waals surface area contributed by atoms with Crippen LogP contribution >= 0.6 is 0 Å². The highest BCUT2D eigenvalue weighted by molar-refractivity contribution is 6.21. The molecule has 7 heteroatoms. The summed E-state index contributed by atoms with van der Waals surface area (Å²) >= 11 is 0. The summed E-state index contributed by atoms with van der Waals surface area (Å²) in [6, 6.07) is 3.47. The number of amides is 2. The number of H-pyrrole nitrogens is 1. The van der Waals surface area contributed by atoms with Crippen LogP contribution in [0, 0.1) is 23.7 Å². The smallest absolute Gasteiger partial charge is 0.258 e. The van der Waals surface area contributed by atoms with Gasteiger partial charge >= 0.3 is 0 Å². The highest BCUT2D eigenvalue weighted by Gasteiger charge is 2.60. The number of furan rings is 1. The molecule has 2 bridgehead atoms. The lowest BCUT2D eigenvalue weighted by molar-refractivity contribution is -0.123. The monoisotopic (exact) mass is 296 g/mol. The van der Waals surface area contributed by atoms with Gasteiger partial charge in [-0.2, -0.15) is 4.98 Å². The van der Waals surface area contributed by atoms with E-state index in [9.17, 15) is 9.59 Å². The average molecular weight is 296 g/mol. The predicted molar refractivity (Wildman–Crippen MR) is 74.3 cm³/mol. The minimum Gasteiger partial charge on any atom is -0.461 e. The Morgan fingerprint density at radius 3 is 2.55 bits per heavy atom. The first-order chi connectivity index (χ1) is 10.7. The van der Waals surface area contributed by atoms with E-state index in [-0.39, 0.29) is 41.4 Å².